The van der Waals surface area contributed by atoms with Gasteiger partial charge in [-0.15, -0.1) is 0 Å². The topological polar surface area (TPSA) is 0 Å². The molecule has 0 bridgehead atoms. The van der Waals surface area contributed by atoms with E-state index in [-0.39, 0.29) is 10.8 Å². The minimum atomic E-state index is -2.59. The van der Waals surface area contributed by atoms with Gasteiger partial charge in [0.25, 0.3) is 0 Å². The molecule has 0 radical (unpaired) electrons. The molecule has 0 nitrogen and oxygen atoms in total. The Morgan fingerprint density at radius 3 is 2.06 bits per heavy atom. The molecule has 0 aromatic heterocycles. The van der Waals surface area contributed by atoms with Crippen LogP contribution in [0.2, 0.25) is 3.67 Å². The number of hydrogen-bond acceptors (Lipinski definition) is 0. The summed E-state index contributed by atoms with van der Waals surface area (Å²) in [5.74, 6) is 0. The van der Waals surface area contributed by atoms with Gasteiger partial charge in [-0.2, -0.15) is 0 Å². The van der Waals surface area contributed by atoms with Gasteiger partial charge in [-0.1, -0.05) is 0 Å². The van der Waals surface area contributed by atoms with Crippen molar-refractivity contribution in [2.24, 2.45) is 0 Å². The number of hydrogen-bond donors (Lipinski definition) is 0. The predicted octanol–water partition coefficient (Wildman–Crippen LogP) is 8.25. The van der Waals surface area contributed by atoms with E-state index < -0.39 is 21.0 Å². The Morgan fingerprint density at radius 2 is 1.43 bits per heavy atom. The van der Waals surface area contributed by atoms with Gasteiger partial charge in [0, 0.05) is 0 Å². The third kappa shape index (κ3) is 4.57. The van der Waals surface area contributed by atoms with Crippen LogP contribution < -0.4 is 3.32 Å². The summed E-state index contributed by atoms with van der Waals surface area (Å²) in [6.07, 6.45) is 10.6. The number of allylic oxidation sites excluding steroid dienone is 4. The quantitative estimate of drug-likeness (QED) is 0.201. The molecule has 0 aliphatic heterocycles. The first-order valence-electron chi connectivity index (χ1n) is 13.0. The summed E-state index contributed by atoms with van der Waals surface area (Å²) in [5, 5.41) is 0. The standard InChI is InChI=1S/C21H25.C8H8.C5H5.Hf/c1-20(2,3)16-7-9-18-14(12-16)11-15-13-17(21(4,5)6)8-10-19(15)18;1-2-8-6-4-3-5-7-8;1-2-4-5-3-1;/h7-10,12H,11H2,1-6H3;3-7H,1H3;1-5H;. The molecule has 1 heteroatoms. The third-order valence-electron chi connectivity index (χ3n) is 7.71. The van der Waals surface area contributed by atoms with Gasteiger partial charge >= 0.3 is 221 Å². The Balaban J connectivity index is 1.80. The van der Waals surface area contributed by atoms with Crippen LogP contribution in [-0.2, 0) is 38.2 Å². The first-order chi connectivity index (χ1) is 16.6. The van der Waals surface area contributed by atoms with E-state index in [9.17, 15) is 0 Å². The molecule has 0 fully saturated rings. The van der Waals surface area contributed by atoms with Crippen LogP contribution in [0.4, 0.5) is 0 Å². The molecular weight excluding hydrogens is 587 g/mol. The van der Waals surface area contributed by atoms with Crippen molar-refractivity contribution in [3.8, 4) is 11.1 Å². The van der Waals surface area contributed by atoms with Crippen LogP contribution in [0.3, 0.4) is 0 Å². The summed E-state index contributed by atoms with van der Waals surface area (Å²) in [7, 11) is 0. The van der Waals surface area contributed by atoms with Crippen LogP contribution in [0.1, 0.15) is 76.3 Å². The van der Waals surface area contributed by atoms with Crippen LogP contribution in [0, 0.1) is 0 Å². The normalized spacial score (nSPS) is 15.9. The van der Waals surface area contributed by atoms with E-state index in [1.54, 1.807) is 17.7 Å². The number of benzene rings is 3. The van der Waals surface area contributed by atoms with Gasteiger partial charge in [0.2, 0.25) is 0 Å². The summed E-state index contributed by atoms with van der Waals surface area (Å²) in [6, 6.07) is 23.4. The first-order valence-corrected chi connectivity index (χ1v) is 18.6. The molecule has 0 saturated heterocycles. The molecule has 0 amide bonds. The number of rotatable bonds is 3. The fourth-order valence-corrected chi connectivity index (χ4v) is 18.6. The monoisotopic (exact) mass is 626 g/mol. The molecule has 178 valence electrons. The van der Waals surface area contributed by atoms with Crippen molar-refractivity contribution in [3.63, 3.8) is 0 Å². The molecule has 3 aromatic rings. The zero-order valence-electron chi connectivity index (χ0n) is 22.4. The second-order valence-corrected chi connectivity index (χ2v) is 22.1. The molecule has 0 N–H and O–H groups in total. The second-order valence-electron chi connectivity index (χ2n) is 12.3. The zero-order valence-corrected chi connectivity index (χ0v) is 26.0. The molecule has 35 heavy (non-hydrogen) atoms. The van der Waals surface area contributed by atoms with Gasteiger partial charge in [0.15, 0.2) is 0 Å². The summed E-state index contributed by atoms with van der Waals surface area (Å²) in [4.78, 5) is 0. The average Bonchev–Trinajstić information content (AvgIpc) is 3.46. The SMILES string of the molecule is C[C](c1ccccc1)=[Hf]([c]1c(C(C)(C)C)ccc2c1Cc1cc(C(C)(C)C)ccc1-2)[CH]1C=CC=C1. The molecule has 0 saturated carbocycles. The zero-order chi connectivity index (χ0) is 25.0. The van der Waals surface area contributed by atoms with E-state index in [1.807, 2.05) is 0 Å². The van der Waals surface area contributed by atoms with E-state index in [0.717, 1.165) is 6.42 Å². The maximum atomic E-state index is 2.49. The van der Waals surface area contributed by atoms with Crippen LogP contribution in [0.5, 0.6) is 0 Å². The third-order valence-corrected chi connectivity index (χ3v) is 19.4. The van der Waals surface area contributed by atoms with Crippen LogP contribution >= 0.6 is 0 Å². The Labute approximate surface area is 219 Å². The van der Waals surface area contributed by atoms with E-state index >= 15 is 0 Å². The molecule has 0 heterocycles. The fraction of sp³-hybridized carbons (Fsp3) is 0.324. The van der Waals surface area contributed by atoms with Gasteiger partial charge < -0.3 is 0 Å². The Kier molecular flexibility index (Phi) is 6.37. The Morgan fingerprint density at radius 1 is 0.771 bits per heavy atom. The summed E-state index contributed by atoms with van der Waals surface area (Å²) in [6.45, 7) is 16.6. The molecule has 0 atom stereocenters. The van der Waals surface area contributed by atoms with Crippen LogP contribution in [0.15, 0.2) is 85.0 Å². The molecule has 0 unspecified atom stereocenters. The van der Waals surface area contributed by atoms with Crippen molar-refractivity contribution < 1.29 is 21.0 Å². The van der Waals surface area contributed by atoms with Gasteiger partial charge in [-0.25, -0.2) is 0 Å². The Bertz CT molecular complexity index is 1360. The van der Waals surface area contributed by atoms with Gasteiger partial charge in [0.1, 0.15) is 0 Å². The van der Waals surface area contributed by atoms with Crippen molar-refractivity contribution in [2.75, 3.05) is 0 Å². The second kappa shape index (κ2) is 9.07. The summed E-state index contributed by atoms with van der Waals surface area (Å²) < 4.78 is 4.01. The minimum absolute atomic E-state index is 0.120. The molecular formula is C34H38Hf. The van der Waals surface area contributed by atoms with Crippen molar-refractivity contribution >= 4 is 6.58 Å². The van der Waals surface area contributed by atoms with Crippen LogP contribution in [0.25, 0.3) is 11.1 Å². The molecule has 2 aliphatic carbocycles. The van der Waals surface area contributed by atoms with Crippen molar-refractivity contribution in [3.05, 3.63) is 113 Å². The van der Waals surface area contributed by atoms with Crippen molar-refractivity contribution in [2.45, 2.75) is 69.4 Å². The van der Waals surface area contributed by atoms with Gasteiger partial charge in [-0.05, 0) is 0 Å². The van der Waals surface area contributed by atoms with Crippen molar-refractivity contribution in [1.82, 2.24) is 0 Å². The van der Waals surface area contributed by atoms with Gasteiger partial charge in [0.05, 0.1) is 0 Å². The maximum absolute atomic E-state index is 2.59. The molecule has 3 aromatic carbocycles. The van der Waals surface area contributed by atoms with E-state index in [1.165, 1.54) is 27.8 Å². The predicted molar refractivity (Wildman–Crippen MR) is 150 cm³/mol. The van der Waals surface area contributed by atoms with Crippen molar-refractivity contribution in [1.29, 1.82) is 0 Å². The summed E-state index contributed by atoms with van der Waals surface area (Å²) >= 11 is -2.59. The van der Waals surface area contributed by atoms with Crippen LogP contribution in [-0.4, -0.2) is 3.26 Å². The molecule has 5 rings (SSSR count). The summed E-state index contributed by atoms with van der Waals surface area (Å²) in [5.41, 5.74) is 10.8. The van der Waals surface area contributed by atoms with E-state index in [4.69, 9.17) is 0 Å². The van der Waals surface area contributed by atoms with E-state index in [0.29, 0.717) is 3.67 Å². The fourth-order valence-electron chi connectivity index (χ4n) is 5.75. The first kappa shape index (κ1) is 24.6. The Hall–Kier alpha value is -2.12. The van der Waals surface area contributed by atoms with E-state index in [2.05, 4.69) is 133 Å². The average molecular weight is 625 g/mol. The van der Waals surface area contributed by atoms with Gasteiger partial charge in [-0.3, -0.25) is 0 Å². The molecule has 0 spiro atoms. The molecule has 2 aliphatic rings. The number of fused-ring (bicyclic) bond motifs is 3.